The molecule has 1 aliphatic heterocycles. The zero-order valence-corrected chi connectivity index (χ0v) is 12.5. The number of benzene rings is 1. The molecule has 0 spiro atoms. The summed E-state index contributed by atoms with van der Waals surface area (Å²) < 4.78 is 29.5. The third kappa shape index (κ3) is 3.24. The molecular formula is C12H16BrNO3S. The average Bonchev–Trinajstić information content (AvgIpc) is 2.60. The maximum atomic E-state index is 11.4. The van der Waals surface area contributed by atoms with E-state index in [-0.39, 0.29) is 23.7 Å². The van der Waals surface area contributed by atoms with E-state index in [1.54, 1.807) is 0 Å². The van der Waals surface area contributed by atoms with Crippen LogP contribution in [0, 0.1) is 0 Å². The summed E-state index contributed by atoms with van der Waals surface area (Å²) in [7, 11) is -2.92. The van der Waals surface area contributed by atoms with Gasteiger partial charge < -0.3 is 10.5 Å². The molecule has 0 bridgehead atoms. The van der Waals surface area contributed by atoms with Crippen LogP contribution in [0.1, 0.15) is 24.9 Å². The topological polar surface area (TPSA) is 69.4 Å². The van der Waals surface area contributed by atoms with Crippen molar-refractivity contribution in [3.8, 4) is 5.75 Å². The van der Waals surface area contributed by atoms with E-state index in [4.69, 9.17) is 10.5 Å². The third-order valence-electron chi connectivity index (χ3n) is 2.95. The van der Waals surface area contributed by atoms with Gasteiger partial charge in [-0.05, 0) is 31.5 Å². The third-order valence-corrected chi connectivity index (χ3v) is 5.18. The van der Waals surface area contributed by atoms with Gasteiger partial charge in [0.15, 0.2) is 9.84 Å². The van der Waals surface area contributed by atoms with Crippen molar-refractivity contribution in [3.05, 3.63) is 28.2 Å². The molecule has 0 amide bonds. The van der Waals surface area contributed by atoms with Gasteiger partial charge in [-0.1, -0.05) is 15.9 Å². The van der Waals surface area contributed by atoms with Crippen LogP contribution in [0.2, 0.25) is 0 Å². The Kier molecular flexibility index (Phi) is 3.99. The molecule has 1 aromatic carbocycles. The Morgan fingerprint density at radius 1 is 1.50 bits per heavy atom. The van der Waals surface area contributed by atoms with Crippen LogP contribution in [-0.4, -0.2) is 26.0 Å². The maximum Gasteiger partial charge on any atom is 0.154 e. The summed E-state index contributed by atoms with van der Waals surface area (Å²) in [4.78, 5) is 0. The molecule has 0 aromatic heterocycles. The number of halogens is 1. The number of ether oxygens (including phenoxy) is 1. The minimum atomic E-state index is -2.92. The summed E-state index contributed by atoms with van der Waals surface area (Å²) in [6.07, 6.45) is 0.297. The SMILES string of the molecule is C[C@H](N)c1cc(Br)ccc1OC1CCS(=O)(=O)C1. The summed E-state index contributed by atoms with van der Waals surface area (Å²) in [5, 5.41) is 0. The van der Waals surface area contributed by atoms with Crippen molar-refractivity contribution in [2.75, 3.05) is 11.5 Å². The summed E-state index contributed by atoms with van der Waals surface area (Å²) in [5.41, 5.74) is 6.77. The highest BCUT2D eigenvalue weighted by molar-refractivity contribution is 9.10. The van der Waals surface area contributed by atoms with E-state index in [1.807, 2.05) is 25.1 Å². The Balaban J connectivity index is 2.19. The maximum absolute atomic E-state index is 11.4. The van der Waals surface area contributed by atoms with Crippen molar-refractivity contribution in [2.24, 2.45) is 5.73 Å². The first-order valence-electron chi connectivity index (χ1n) is 5.79. The summed E-state index contributed by atoms with van der Waals surface area (Å²) in [6.45, 7) is 1.88. The number of sulfone groups is 1. The summed E-state index contributed by atoms with van der Waals surface area (Å²) in [5.74, 6) is 0.985. The molecular weight excluding hydrogens is 318 g/mol. The van der Waals surface area contributed by atoms with Crippen molar-refractivity contribution < 1.29 is 13.2 Å². The molecule has 2 N–H and O–H groups in total. The normalized spacial score (nSPS) is 23.8. The first kappa shape index (κ1) is 13.8. The molecule has 2 rings (SSSR count). The molecule has 1 saturated heterocycles. The molecule has 0 saturated carbocycles. The largest absolute Gasteiger partial charge is 0.489 e. The highest BCUT2D eigenvalue weighted by Gasteiger charge is 2.30. The molecule has 1 heterocycles. The van der Waals surface area contributed by atoms with Gasteiger partial charge in [0.05, 0.1) is 11.5 Å². The van der Waals surface area contributed by atoms with Crippen LogP contribution < -0.4 is 10.5 Å². The molecule has 6 heteroatoms. The Bertz CT molecular complexity index is 542. The van der Waals surface area contributed by atoms with E-state index < -0.39 is 9.84 Å². The van der Waals surface area contributed by atoms with Crippen LogP contribution >= 0.6 is 15.9 Å². The molecule has 18 heavy (non-hydrogen) atoms. The molecule has 100 valence electrons. The summed E-state index contributed by atoms with van der Waals surface area (Å²) >= 11 is 3.39. The zero-order chi connectivity index (χ0) is 13.3. The van der Waals surface area contributed by atoms with Gasteiger partial charge in [0.2, 0.25) is 0 Å². The Labute approximate surface area is 116 Å². The van der Waals surface area contributed by atoms with Crippen molar-refractivity contribution in [1.29, 1.82) is 0 Å². The average molecular weight is 334 g/mol. The number of hydrogen-bond donors (Lipinski definition) is 1. The number of hydrogen-bond acceptors (Lipinski definition) is 4. The van der Waals surface area contributed by atoms with Gasteiger partial charge in [-0.15, -0.1) is 0 Å². The predicted octanol–water partition coefficient (Wildman–Crippen LogP) is 2.03. The van der Waals surface area contributed by atoms with E-state index in [1.165, 1.54) is 0 Å². The van der Waals surface area contributed by atoms with E-state index in [0.29, 0.717) is 12.2 Å². The lowest BCUT2D eigenvalue weighted by Crippen LogP contribution is -2.19. The van der Waals surface area contributed by atoms with Crippen molar-refractivity contribution in [2.45, 2.75) is 25.5 Å². The Hall–Kier alpha value is -0.590. The smallest absolute Gasteiger partial charge is 0.154 e. The highest BCUT2D eigenvalue weighted by Crippen LogP contribution is 2.29. The lowest BCUT2D eigenvalue weighted by Gasteiger charge is -2.18. The zero-order valence-electron chi connectivity index (χ0n) is 10.1. The van der Waals surface area contributed by atoms with Crippen LogP contribution in [0.3, 0.4) is 0 Å². The predicted molar refractivity (Wildman–Crippen MR) is 74.4 cm³/mol. The second-order valence-corrected chi connectivity index (χ2v) is 7.76. The fourth-order valence-electron chi connectivity index (χ4n) is 2.02. The van der Waals surface area contributed by atoms with Gasteiger partial charge in [0.25, 0.3) is 0 Å². The quantitative estimate of drug-likeness (QED) is 0.918. The van der Waals surface area contributed by atoms with Crippen LogP contribution in [0.15, 0.2) is 22.7 Å². The monoisotopic (exact) mass is 333 g/mol. The molecule has 1 aliphatic rings. The molecule has 1 unspecified atom stereocenters. The van der Waals surface area contributed by atoms with E-state index in [2.05, 4.69) is 15.9 Å². The lowest BCUT2D eigenvalue weighted by atomic mass is 10.1. The molecule has 0 aliphatic carbocycles. The fraction of sp³-hybridized carbons (Fsp3) is 0.500. The molecule has 0 radical (unpaired) electrons. The molecule has 1 aromatic rings. The molecule has 4 nitrogen and oxygen atoms in total. The van der Waals surface area contributed by atoms with E-state index in [0.717, 1.165) is 10.0 Å². The van der Waals surface area contributed by atoms with Crippen molar-refractivity contribution in [1.82, 2.24) is 0 Å². The van der Waals surface area contributed by atoms with Gasteiger partial charge >= 0.3 is 0 Å². The first-order valence-corrected chi connectivity index (χ1v) is 8.41. The van der Waals surface area contributed by atoms with Crippen molar-refractivity contribution in [3.63, 3.8) is 0 Å². The number of nitrogens with two attached hydrogens (primary N) is 1. The van der Waals surface area contributed by atoms with Crippen LogP contribution in [0.5, 0.6) is 5.75 Å². The van der Waals surface area contributed by atoms with Crippen LogP contribution in [0.4, 0.5) is 0 Å². The fourth-order valence-corrected chi connectivity index (χ4v) is 3.98. The van der Waals surface area contributed by atoms with Gasteiger partial charge in [-0.2, -0.15) is 0 Å². The van der Waals surface area contributed by atoms with Crippen molar-refractivity contribution >= 4 is 25.8 Å². The van der Waals surface area contributed by atoms with Gasteiger partial charge in [-0.25, -0.2) is 8.42 Å². The van der Waals surface area contributed by atoms with Crippen LogP contribution in [0.25, 0.3) is 0 Å². The molecule has 1 fully saturated rings. The minimum absolute atomic E-state index is 0.0987. The van der Waals surface area contributed by atoms with Gasteiger partial charge in [0, 0.05) is 16.1 Å². The Morgan fingerprint density at radius 3 is 2.78 bits per heavy atom. The lowest BCUT2D eigenvalue weighted by molar-refractivity contribution is 0.225. The van der Waals surface area contributed by atoms with Crippen LogP contribution in [-0.2, 0) is 9.84 Å². The standard InChI is InChI=1S/C12H16BrNO3S/c1-8(14)11-6-9(13)2-3-12(11)17-10-4-5-18(15,16)7-10/h2-3,6,8,10H,4-5,7,14H2,1H3/t8-,10?/m0/s1. The second-order valence-electron chi connectivity index (χ2n) is 4.61. The first-order chi connectivity index (χ1) is 8.37. The second kappa shape index (κ2) is 5.19. The molecule has 2 atom stereocenters. The van der Waals surface area contributed by atoms with E-state index in [9.17, 15) is 8.42 Å². The van der Waals surface area contributed by atoms with Gasteiger partial charge in [0.1, 0.15) is 11.9 Å². The Morgan fingerprint density at radius 2 is 2.22 bits per heavy atom. The summed E-state index contributed by atoms with van der Waals surface area (Å²) in [6, 6.07) is 5.44. The number of rotatable bonds is 3. The highest BCUT2D eigenvalue weighted by atomic mass is 79.9. The minimum Gasteiger partial charge on any atom is -0.489 e. The van der Waals surface area contributed by atoms with Gasteiger partial charge in [-0.3, -0.25) is 0 Å². The van der Waals surface area contributed by atoms with E-state index >= 15 is 0 Å².